The zero-order valence-electron chi connectivity index (χ0n) is 15.6. The summed E-state index contributed by atoms with van der Waals surface area (Å²) in [5.41, 5.74) is 10.1. The number of benzene rings is 1. The Kier molecular flexibility index (Phi) is 5.65. The fourth-order valence-corrected chi connectivity index (χ4v) is 3.92. The number of fused-ring (bicyclic) bond motifs is 1. The third kappa shape index (κ3) is 4.12. The van der Waals surface area contributed by atoms with Gasteiger partial charge in [0.05, 0.1) is 11.4 Å². The highest BCUT2D eigenvalue weighted by molar-refractivity contribution is 5.62. The molecule has 0 bridgehead atoms. The molecule has 3 aliphatic heterocycles. The first kappa shape index (κ1) is 17.9. The number of anilines is 1. The van der Waals surface area contributed by atoms with E-state index in [0.717, 1.165) is 68.3 Å². The first-order chi connectivity index (χ1) is 13.3. The van der Waals surface area contributed by atoms with Crippen molar-refractivity contribution in [2.24, 2.45) is 5.73 Å². The predicted molar refractivity (Wildman–Crippen MR) is 109 cm³/mol. The van der Waals surface area contributed by atoms with Crippen molar-refractivity contribution in [2.75, 3.05) is 25.0 Å². The molecule has 6 heteroatoms. The van der Waals surface area contributed by atoms with Crippen LogP contribution in [-0.4, -0.2) is 34.6 Å². The van der Waals surface area contributed by atoms with Crippen LogP contribution in [0.4, 0.5) is 5.95 Å². The van der Waals surface area contributed by atoms with E-state index in [0.29, 0.717) is 12.0 Å². The average Bonchev–Trinajstić information content (AvgIpc) is 3.20. The van der Waals surface area contributed by atoms with Gasteiger partial charge in [-0.1, -0.05) is 30.3 Å². The molecule has 1 fully saturated rings. The van der Waals surface area contributed by atoms with Gasteiger partial charge >= 0.3 is 0 Å². The summed E-state index contributed by atoms with van der Waals surface area (Å²) in [6.07, 6.45) is 6.04. The normalized spacial score (nSPS) is 20.0. The van der Waals surface area contributed by atoms with Gasteiger partial charge in [0.1, 0.15) is 5.69 Å². The number of hydrogen-bond acceptors (Lipinski definition) is 5. The van der Waals surface area contributed by atoms with Crippen LogP contribution in [0.15, 0.2) is 42.6 Å². The van der Waals surface area contributed by atoms with Crippen LogP contribution in [-0.2, 0) is 0 Å². The maximum Gasteiger partial charge on any atom is 0.200 e. The highest BCUT2D eigenvalue weighted by Crippen LogP contribution is 2.37. The standard InChI is InChI=1S/C21H28N6/c22-10-4-5-11-25-21-26-17-9-13-24-20(17)19(27-21)16-8-12-23-18(14-16)15-6-2-1-3-7-15/h1-3,6-7,9,13,16,18,23H,4-5,8,10-12,14,22H2,(H2,25,26,27). The van der Waals surface area contributed by atoms with Gasteiger partial charge in [-0.25, -0.2) is 4.98 Å². The van der Waals surface area contributed by atoms with Crippen molar-refractivity contribution in [2.45, 2.75) is 37.6 Å². The Morgan fingerprint density at radius 3 is 2.89 bits per heavy atom. The van der Waals surface area contributed by atoms with Crippen molar-refractivity contribution in [3.63, 3.8) is 0 Å². The first-order valence-corrected chi connectivity index (χ1v) is 9.92. The van der Waals surface area contributed by atoms with E-state index in [1.54, 1.807) is 0 Å². The summed E-state index contributed by atoms with van der Waals surface area (Å²) in [7, 11) is 0. The quantitative estimate of drug-likeness (QED) is 0.483. The fraction of sp³-hybridized carbons (Fsp3) is 0.429. The van der Waals surface area contributed by atoms with Crippen LogP contribution in [0.1, 0.15) is 48.9 Å². The van der Waals surface area contributed by atoms with Crippen LogP contribution in [0.2, 0.25) is 0 Å². The van der Waals surface area contributed by atoms with Gasteiger partial charge in [-0.2, -0.15) is 0 Å². The Hall–Kier alpha value is -2.44. The van der Waals surface area contributed by atoms with Gasteiger partial charge in [-0.15, -0.1) is 0 Å². The summed E-state index contributed by atoms with van der Waals surface area (Å²) in [5, 5.41) is 7.07. The van der Waals surface area contributed by atoms with Gasteiger partial charge < -0.3 is 21.4 Å². The summed E-state index contributed by atoms with van der Waals surface area (Å²) in [6, 6.07) is 13.1. The summed E-state index contributed by atoms with van der Waals surface area (Å²) in [5.74, 6) is 1.23. The Labute approximate surface area is 160 Å². The number of nitrogens with two attached hydrogens (primary N) is 1. The molecule has 0 amide bonds. The van der Waals surface area contributed by atoms with Crippen LogP contribution < -0.4 is 16.4 Å². The maximum atomic E-state index is 5.59. The summed E-state index contributed by atoms with van der Waals surface area (Å²) < 4.78 is 0. The molecule has 142 valence electrons. The molecule has 0 radical (unpaired) electrons. The second-order valence-electron chi connectivity index (χ2n) is 7.24. The van der Waals surface area contributed by atoms with Gasteiger partial charge in [-0.3, -0.25) is 4.98 Å². The molecule has 1 aromatic carbocycles. The molecular weight excluding hydrogens is 336 g/mol. The second kappa shape index (κ2) is 8.50. The van der Waals surface area contributed by atoms with E-state index in [4.69, 9.17) is 10.7 Å². The molecule has 3 heterocycles. The smallest absolute Gasteiger partial charge is 0.200 e. The Bertz CT molecular complexity index is 815. The molecule has 0 aliphatic carbocycles. The minimum Gasteiger partial charge on any atom is -0.356 e. The van der Waals surface area contributed by atoms with Crippen molar-refractivity contribution < 1.29 is 0 Å². The van der Waals surface area contributed by atoms with Crippen molar-refractivity contribution in [1.29, 1.82) is 0 Å². The summed E-state index contributed by atoms with van der Waals surface area (Å²) in [4.78, 5) is 12.9. The predicted octanol–water partition coefficient (Wildman–Crippen LogP) is 3.27. The summed E-state index contributed by atoms with van der Waals surface area (Å²) >= 11 is 0. The SMILES string of the molecule is NCCCCNc1nc(C2CCNC(c3ccccc3)C2)c2nccc-2[nH]1. The monoisotopic (exact) mass is 364 g/mol. The van der Waals surface area contributed by atoms with Crippen LogP contribution >= 0.6 is 0 Å². The van der Waals surface area contributed by atoms with Crippen LogP contribution in [0.5, 0.6) is 0 Å². The van der Waals surface area contributed by atoms with E-state index in [1.165, 1.54) is 5.56 Å². The second-order valence-corrected chi connectivity index (χ2v) is 7.24. The average molecular weight is 364 g/mol. The maximum absolute atomic E-state index is 5.59. The topological polar surface area (TPSA) is 91.7 Å². The first-order valence-electron chi connectivity index (χ1n) is 9.92. The van der Waals surface area contributed by atoms with Gasteiger partial charge in [0, 0.05) is 24.7 Å². The molecule has 1 aromatic rings. The lowest BCUT2D eigenvalue weighted by molar-refractivity contribution is 0.365. The van der Waals surface area contributed by atoms with Crippen LogP contribution in [0, 0.1) is 0 Å². The number of piperidine rings is 1. The molecule has 0 spiro atoms. The lowest BCUT2D eigenvalue weighted by atomic mass is 9.85. The number of rotatable bonds is 7. The number of unbranched alkanes of at least 4 members (excludes halogenated alkanes) is 1. The highest BCUT2D eigenvalue weighted by atomic mass is 15.1. The third-order valence-electron chi connectivity index (χ3n) is 5.34. The minimum atomic E-state index is 0.363. The Morgan fingerprint density at radius 1 is 1.15 bits per heavy atom. The number of hydrogen-bond donors (Lipinski definition) is 4. The number of H-pyrrole nitrogens is 1. The zero-order chi connectivity index (χ0) is 18.5. The van der Waals surface area contributed by atoms with Crippen molar-refractivity contribution in [1.82, 2.24) is 20.3 Å². The molecule has 0 saturated carbocycles. The number of nitrogens with zero attached hydrogens (tertiary/aromatic N) is 2. The Balaban J connectivity index is 1.55. The Morgan fingerprint density at radius 2 is 2.04 bits per heavy atom. The minimum absolute atomic E-state index is 0.363. The lowest BCUT2D eigenvalue weighted by Gasteiger charge is -2.31. The molecule has 4 rings (SSSR count). The van der Waals surface area contributed by atoms with E-state index in [9.17, 15) is 0 Å². The zero-order valence-corrected chi connectivity index (χ0v) is 15.6. The van der Waals surface area contributed by atoms with E-state index in [2.05, 4.69) is 50.9 Å². The highest BCUT2D eigenvalue weighted by Gasteiger charge is 2.28. The third-order valence-corrected chi connectivity index (χ3v) is 5.34. The van der Waals surface area contributed by atoms with Gasteiger partial charge in [-0.05, 0) is 50.4 Å². The molecule has 27 heavy (non-hydrogen) atoms. The van der Waals surface area contributed by atoms with Crippen molar-refractivity contribution in [3.8, 4) is 11.4 Å². The molecule has 6 nitrogen and oxygen atoms in total. The van der Waals surface area contributed by atoms with Gasteiger partial charge in [0.15, 0.2) is 0 Å². The van der Waals surface area contributed by atoms with E-state index >= 15 is 0 Å². The van der Waals surface area contributed by atoms with Crippen LogP contribution in [0.25, 0.3) is 11.4 Å². The molecule has 2 unspecified atom stereocenters. The van der Waals surface area contributed by atoms with Crippen molar-refractivity contribution in [3.05, 3.63) is 53.9 Å². The van der Waals surface area contributed by atoms with E-state index in [1.807, 2.05) is 12.3 Å². The van der Waals surface area contributed by atoms with Gasteiger partial charge in [0.25, 0.3) is 0 Å². The molecule has 3 aliphatic rings. The summed E-state index contributed by atoms with van der Waals surface area (Å²) in [6.45, 7) is 2.59. The van der Waals surface area contributed by atoms with Crippen LogP contribution in [0.3, 0.4) is 0 Å². The number of nitrogens with one attached hydrogen (secondary N) is 3. The molecule has 5 N–H and O–H groups in total. The molecule has 0 aromatic heterocycles. The van der Waals surface area contributed by atoms with E-state index in [-0.39, 0.29) is 0 Å². The molecular formula is C21H28N6. The largest absolute Gasteiger partial charge is 0.356 e. The molecule has 1 saturated heterocycles. The number of aromatic amines is 1. The fourth-order valence-electron chi connectivity index (χ4n) is 3.92. The van der Waals surface area contributed by atoms with E-state index < -0.39 is 0 Å². The number of aromatic nitrogens is 3. The molecule has 2 atom stereocenters. The van der Waals surface area contributed by atoms with Crippen molar-refractivity contribution >= 4 is 5.95 Å². The lowest BCUT2D eigenvalue weighted by Crippen LogP contribution is -2.31. The van der Waals surface area contributed by atoms with Gasteiger partial charge in [0.2, 0.25) is 5.95 Å².